The molecule has 0 radical (unpaired) electrons. The first kappa shape index (κ1) is 13.0. The number of aromatic nitrogens is 2. The van der Waals surface area contributed by atoms with Crippen molar-refractivity contribution in [3.63, 3.8) is 0 Å². The largest absolute Gasteiger partial charge is 0.493 e. The van der Waals surface area contributed by atoms with Crippen LogP contribution in [0.1, 0.15) is 50.8 Å². The SMILES string of the molecule is CCCn1ncc(OC)c1C(O)C1C2CCCCC21. The molecule has 0 aromatic carbocycles. The van der Waals surface area contributed by atoms with Gasteiger partial charge < -0.3 is 9.84 Å². The van der Waals surface area contributed by atoms with Gasteiger partial charge in [0.2, 0.25) is 0 Å². The van der Waals surface area contributed by atoms with Crippen LogP contribution in [-0.2, 0) is 6.54 Å². The van der Waals surface area contributed by atoms with Gasteiger partial charge in [-0.2, -0.15) is 5.10 Å². The van der Waals surface area contributed by atoms with Crippen molar-refractivity contribution in [2.45, 2.75) is 51.7 Å². The number of fused-ring (bicyclic) bond motifs is 1. The van der Waals surface area contributed by atoms with Crippen molar-refractivity contribution in [1.29, 1.82) is 0 Å². The second-order valence-electron chi connectivity index (χ2n) is 5.96. The Balaban J connectivity index is 1.82. The van der Waals surface area contributed by atoms with Gasteiger partial charge in [-0.3, -0.25) is 4.68 Å². The first-order valence-corrected chi connectivity index (χ1v) is 7.55. The summed E-state index contributed by atoms with van der Waals surface area (Å²) in [4.78, 5) is 0. The minimum absolute atomic E-state index is 0.405. The van der Waals surface area contributed by atoms with Crippen LogP contribution in [0.25, 0.3) is 0 Å². The highest BCUT2D eigenvalue weighted by Gasteiger charge is 2.55. The molecule has 0 aliphatic heterocycles. The summed E-state index contributed by atoms with van der Waals surface area (Å²) >= 11 is 0. The minimum atomic E-state index is -0.405. The fraction of sp³-hybridized carbons (Fsp3) is 0.800. The smallest absolute Gasteiger partial charge is 0.162 e. The third-order valence-corrected chi connectivity index (χ3v) is 4.87. The third kappa shape index (κ3) is 2.16. The van der Waals surface area contributed by atoms with Crippen molar-refractivity contribution in [3.8, 4) is 5.75 Å². The summed E-state index contributed by atoms with van der Waals surface area (Å²) in [6.45, 7) is 2.97. The quantitative estimate of drug-likeness (QED) is 0.889. The molecular weight excluding hydrogens is 240 g/mol. The normalized spacial score (nSPS) is 30.8. The molecule has 3 unspecified atom stereocenters. The van der Waals surface area contributed by atoms with Crippen LogP contribution in [0.15, 0.2) is 6.20 Å². The number of aliphatic hydroxyl groups excluding tert-OH is 1. The maximum atomic E-state index is 10.8. The highest BCUT2D eigenvalue weighted by atomic mass is 16.5. The first-order chi connectivity index (χ1) is 9.27. The lowest BCUT2D eigenvalue weighted by atomic mass is 10.0. The van der Waals surface area contributed by atoms with Gasteiger partial charge in [-0.1, -0.05) is 19.8 Å². The van der Waals surface area contributed by atoms with Crippen molar-refractivity contribution >= 4 is 0 Å². The Morgan fingerprint density at radius 1 is 1.42 bits per heavy atom. The minimum Gasteiger partial charge on any atom is -0.493 e. The zero-order valence-corrected chi connectivity index (χ0v) is 11.9. The Hall–Kier alpha value is -1.03. The molecule has 4 nitrogen and oxygen atoms in total. The van der Waals surface area contributed by atoms with Gasteiger partial charge in [-0.25, -0.2) is 0 Å². The maximum Gasteiger partial charge on any atom is 0.162 e. The fourth-order valence-corrected chi connectivity index (χ4v) is 3.92. The molecule has 0 bridgehead atoms. The number of rotatable bonds is 5. The predicted molar refractivity (Wildman–Crippen MR) is 73.0 cm³/mol. The van der Waals surface area contributed by atoms with E-state index in [1.807, 2.05) is 4.68 Å². The lowest BCUT2D eigenvalue weighted by Crippen LogP contribution is -2.12. The van der Waals surface area contributed by atoms with Crippen molar-refractivity contribution in [2.75, 3.05) is 7.11 Å². The van der Waals surface area contributed by atoms with Crippen LogP contribution >= 0.6 is 0 Å². The molecule has 1 N–H and O–H groups in total. The molecule has 0 amide bonds. The third-order valence-electron chi connectivity index (χ3n) is 4.87. The Labute approximate surface area is 114 Å². The van der Waals surface area contributed by atoms with E-state index in [1.165, 1.54) is 25.7 Å². The zero-order chi connectivity index (χ0) is 13.4. The van der Waals surface area contributed by atoms with Gasteiger partial charge in [0, 0.05) is 6.54 Å². The van der Waals surface area contributed by atoms with E-state index in [2.05, 4.69) is 12.0 Å². The van der Waals surface area contributed by atoms with Crippen LogP contribution in [0.2, 0.25) is 0 Å². The molecule has 3 atom stereocenters. The van der Waals surface area contributed by atoms with Crippen molar-refractivity contribution < 1.29 is 9.84 Å². The highest BCUT2D eigenvalue weighted by molar-refractivity contribution is 5.29. The monoisotopic (exact) mass is 264 g/mol. The molecule has 1 aromatic rings. The standard InChI is InChI=1S/C15H24N2O2/c1-3-8-17-14(12(19-2)9-16-17)15(18)13-10-6-4-5-7-11(10)13/h9-11,13,15,18H,3-8H2,1-2H3. The predicted octanol–water partition coefficient (Wildman–Crippen LogP) is 2.77. The van der Waals surface area contributed by atoms with Crippen LogP contribution in [-0.4, -0.2) is 22.0 Å². The Bertz CT molecular complexity index is 431. The van der Waals surface area contributed by atoms with Crippen LogP contribution in [0.4, 0.5) is 0 Å². The first-order valence-electron chi connectivity index (χ1n) is 7.55. The molecule has 1 heterocycles. The van der Waals surface area contributed by atoms with Crippen molar-refractivity contribution in [1.82, 2.24) is 9.78 Å². The molecule has 1 aromatic heterocycles. The molecule has 3 rings (SSSR count). The van der Waals surface area contributed by atoms with Crippen molar-refractivity contribution in [2.24, 2.45) is 17.8 Å². The van der Waals surface area contributed by atoms with Crippen molar-refractivity contribution in [3.05, 3.63) is 11.9 Å². The van der Waals surface area contributed by atoms with Gasteiger partial charge in [0.05, 0.1) is 13.3 Å². The van der Waals surface area contributed by atoms with Crippen LogP contribution in [0.5, 0.6) is 5.75 Å². The lowest BCUT2D eigenvalue weighted by molar-refractivity contribution is 0.128. The fourth-order valence-electron chi connectivity index (χ4n) is 3.92. The van der Waals surface area contributed by atoms with E-state index in [0.717, 1.165) is 36.2 Å². The summed E-state index contributed by atoms with van der Waals surface area (Å²) in [6, 6.07) is 0. The maximum absolute atomic E-state index is 10.8. The van der Waals surface area contributed by atoms with E-state index in [1.54, 1.807) is 13.3 Å². The average Bonchev–Trinajstić information content (AvgIpc) is 3.03. The molecule has 19 heavy (non-hydrogen) atoms. The van der Waals surface area contributed by atoms with Crippen LogP contribution in [0, 0.1) is 17.8 Å². The lowest BCUT2D eigenvalue weighted by Gasteiger charge is -2.15. The van der Waals surface area contributed by atoms with E-state index >= 15 is 0 Å². The molecule has 2 fully saturated rings. The van der Waals surface area contributed by atoms with Crippen LogP contribution < -0.4 is 4.74 Å². The Morgan fingerprint density at radius 2 is 2.11 bits per heavy atom. The Morgan fingerprint density at radius 3 is 2.68 bits per heavy atom. The number of hydrogen-bond donors (Lipinski definition) is 1. The molecule has 106 valence electrons. The summed E-state index contributed by atoms with van der Waals surface area (Å²) in [6.07, 6.45) is 7.58. The van der Waals surface area contributed by atoms with Gasteiger partial charge in [0.15, 0.2) is 5.75 Å². The molecule has 2 saturated carbocycles. The van der Waals surface area contributed by atoms with Gasteiger partial charge in [-0.15, -0.1) is 0 Å². The van der Waals surface area contributed by atoms with E-state index in [9.17, 15) is 5.11 Å². The van der Waals surface area contributed by atoms with Gasteiger partial charge in [0.1, 0.15) is 11.8 Å². The summed E-state index contributed by atoms with van der Waals surface area (Å²) in [5, 5.41) is 15.1. The highest BCUT2D eigenvalue weighted by Crippen LogP contribution is 2.60. The molecule has 0 saturated heterocycles. The Kier molecular flexibility index (Phi) is 3.52. The van der Waals surface area contributed by atoms with E-state index < -0.39 is 6.10 Å². The number of aryl methyl sites for hydroxylation is 1. The summed E-state index contributed by atoms with van der Waals surface area (Å²) in [7, 11) is 1.66. The molecular formula is C15H24N2O2. The number of hydrogen-bond acceptors (Lipinski definition) is 3. The van der Waals surface area contributed by atoms with E-state index in [-0.39, 0.29) is 0 Å². The van der Waals surface area contributed by atoms with E-state index in [4.69, 9.17) is 4.74 Å². The number of nitrogens with zero attached hydrogens (tertiary/aromatic N) is 2. The zero-order valence-electron chi connectivity index (χ0n) is 11.9. The molecule has 2 aliphatic carbocycles. The van der Waals surface area contributed by atoms with Gasteiger partial charge >= 0.3 is 0 Å². The molecule has 4 heteroatoms. The second-order valence-corrected chi connectivity index (χ2v) is 5.96. The summed E-state index contributed by atoms with van der Waals surface area (Å²) in [5.41, 5.74) is 0.892. The molecule has 0 spiro atoms. The van der Waals surface area contributed by atoms with Gasteiger partial charge in [-0.05, 0) is 37.0 Å². The molecule has 2 aliphatic rings. The summed E-state index contributed by atoms with van der Waals surface area (Å²) in [5.74, 6) is 2.64. The van der Waals surface area contributed by atoms with Crippen LogP contribution in [0.3, 0.4) is 0 Å². The number of aliphatic hydroxyl groups is 1. The second kappa shape index (κ2) is 5.16. The number of ether oxygens (including phenoxy) is 1. The van der Waals surface area contributed by atoms with Gasteiger partial charge in [0.25, 0.3) is 0 Å². The summed E-state index contributed by atoms with van der Waals surface area (Å²) < 4.78 is 7.31. The van der Waals surface area contributed by atoms with E-state index in [0.29, 0.717) is 5.92 Å². The topological polar surface area (TPSA) is 47.3 Å². The number of methoxy groups -OCH3 is 1. The average molecular weight is 264 g/mol.